The Balaban J connectivity index is 1.60. The largest absolute Gasteiger partial charge is 0.493 e. The van der Waals surface area contributed by atoms with E-state index in [1.165, 1.54) is 19.8 Å². The second-order valence-electron chi connectivity index (χ2n) is 7.95. The number of urea groups is 1. The number of amides is 3. The van der Waals surface area contributed by atoms with E-state index in [4.69, 9.17) is 15.2 Å². The van der Waals surface area contributed by atoms with Crippen LogP contribution in [0.5, 0.6) is 11.5 Å². The van der Waals surface area contributed by atoms with E-state index in [2.05, 4.69) is 17.4 Å². The minimum atomic E-state index is -1.30. The van der Waals surface area contributed by atoms with Gasteiger partial charge in [-0.2, -0.15) is 0 Å². The van der Waals surface area contributed by atoms with Crippen molar-refractivity contribution < 1.29 is 24.2 Å². The molecule has 3 amide bonds. The minimum absolute atomic E-state index is 0.123. The third kappa shape index (κ3) is 6.07. The van der Waals surface area contributed by atoms with Gasteiger partial charge in [0, 0.05) is 30.4 Å². The van der Waals surface area contributed by atoms with Crippen LogP contribution >= 0.6 is 0 Å². The average Bonchev–Trinajstić information content (AvgIpc) is 2.83. The number of likely N-dealkylation sites (tertiary alicyclic amines) is 1. The predicted octanol–water partition coefficient (Wildman–Crippen LogP) is 3.38. The highest BCUT2D eigenvalue weighted by Gasteiger charge is 2.30. The molecule has 1 fully saturated rings. The molecule has 1 saturated heterocycles. The van der Waals surface area contributed by atoms with Crippen molar-refractivity contribution in [2.24, 2.45) is 5.73 Å². The number of imide groups is 1. The smallest absolute Gasteiger partial charge is 0.415 e. The Morgan fingerprint density at radius 2 is 1.82 bits per heavy atom. The standard InChI is InChI=1S/C24H32N4O5/c1-32-21-5-3-4-18(22(21)33-2)16-28(24(30)31)23(29)27-14-11-20(12-15-27)26-19-8-6-17(7-9-19)10-13-25/h3-9,20,26H,10-16,25H2,1-2H3,(H,30,31). The fourth-order valence-electron chi connectivity index (χ4n) is 4.02. The fourth-order valence-corrected chi connectivity index (χ4v) is 4.02. The van der Waals surface area contributed by atoms with Crippen molar-refractivity contribution in [1.29, 1.82) is 0 Å². The summed E-state index contributed by atoms with van der Waals surface area (Å²) in [5.74, 6) is 0.898. The van der Waals surface area contributed by atoms with Crippen molar-refractivity contribution >= 4 is 17.8 Å². The Morgan fingerprint density at radius 3 is 2.39 bits per heavy atom. The molecule has 0 radical (unpaired) electrons. The summed E-state index contributed by atoms with van der Waals surface area (Å²) in [6, 6.07) is 13.1. The van der Waals surface area contributed by atoms with E-state index in [-0.39, 0.29) is 12.6 Å². The molecule has 1 aliphatic rings. The zero-order valence-corrected chi connectivity index (χ0v) is 19.1. The maximum Gasteiger partial charge on any atom is 0.415 e. The molecule has 2 aromatic rings. The summed E-state index contributed by atoms with van der Waals surface area (Å²) >= 11 is 0. The molecule has 33 heavy (non-hydrogen) atoms. The first-order valence-corrected chi connectivity index (χ1v) is 11.0. The molecule has 0 aromatic heterocycles. The van der Waals surface area contributed by atoms with Crippen LogP contribution in [0.15, 0.2) is 42.5 Å². The fraction of sp³-hybridized carbons (Fsp3) is 0.417. The highest BCUT2D eigenvalue weighted by atomic mass is 16.5. The third-order valence-corrected chi connectivity index (χ3v) is 5.80. The second kappa shape index (κ2) is 11.4. The van der Waals surface area contributed by atoms with Gasteiger partial charge in [0.05, 0.1) is 20.8 Å². The lowest BCUT2D eigenvalue weighted by Gasteiger charge is -2.35. The lowest BCUT2D eigenvalue weighted by molar-refractivity contribution is 0.119. The van der Waals surface area contributed by atoms with Crippen LogP contribution in [-0.4, -0.2) is 66.9 Å². The summed E-state index contributed by atoms with van der Waals surface area (Å²) in [5, 5.41) is 13.2. The van der Waals surface area contributed by atoms with Gasteiger partial charge in [-0.15, -0.1) is 0 Å². The quantitative estimate of drug-likeness (QED) is 0.557. The molecule has 0 saturated carbocycles. The number of anilines is 1. The maximum absolute atomic E-state index is 13.0. The first kappa shape index (κ1) is 24.2. The molecule has 1 heterocycles. The van der Waals surface area contributed by atoms with E-state index in [0.29, 0.717) is 36.7 Å². The van der Waals surface area contributed by atoms with Gasteiger partial charge in [0.25, 0.3) is 0 Å². The van der Waals surface area contributed by atoms with E-state index in [1.54, 1.807) is 23.1 Å². The van der Waals surface area contributed by atoms with Crippen molar-refractivity contribution in [1.82, 2.24) is 9.80 Å². The monoisotopic (exact) mass is 456 g/mol. The maximum atomic E-state index is 13.0. The minimum Gasteiger partial charge on any atom is -0.493 e. The Labute approximate surface area is 194 Å². The van der Waals surface area contributed by atoms with Crippen LogP contribution in [0.2, 0.25) is 0 Å². The molecule has 2 aromatic carbocycles. The number of para-hydroxylation sites is 1. The average molecular weight is 457 g/mol. The topological polar surface area (TPSA) is 117 Å². The van der Waals surface area contributed by atoms with E-state index in [0.717, 1.165) is 29.8 Å². The van der Waals surface area contributed by atoms with Crippen molar-refractivity contribution in [3.8, 4) is 11.5 Å². The number of nitrogens with one attached hydrogen (secondary N) is 1. The summed E-state index contributed by atoms with van der Waals surface area (Å²) < 4.78 is 10.7. The summed E-state index contributed by atoms with van der Waals surface area (Å²) in [5.41, 5.74) is 8.38. The molecule has 9 nitrogen and oxygen atoms in total. The van der Waals surface area contributed by atoms with Crippen molar-refractivity contribution in [2.75, 3.05) is 39.2 Å². The number of carboxylic acid groups (broad SMARTS) is 1. The van der Waals surface area contributed by atoms with Crippen LogP contribution in [-0.2, 0) is 13.0 Å². The first-order chi connectivity index (χ1) is 16.0. The van der Waals surface area contributed by atoms with Gasteiger partial charge < -0.3 is 30.5 Å². The van der Waals surface area contributed by atoms with Crippen molar-refractivity contribution in [3.63, 3.8) is 0 Å². The summed E-state index contributed by atoms with van der Waals surface area (Å²) in [7, 11) is 2.99. The van der Waals surface area contributed by atoms with Gasteiger partial charge in [-0.1, -0.05) is 24.3 Å². The van der Waals surface area contributed by atoms with Gasteiger partial charge in [-0.25, -0.2) is 14.5 Å². The lowest BCUT2D eigenvalue weighted by Crippen LogP contribution is -2.49. The third-order valence-electron chi connectivity index (χ3n) is 5.80. The normalized spacial score (nSPS) is 14.0. The number of ether oxygens (including phenoxy) is 2. The molecule has 0 unspecified atom stereocenters. The van der Waals surface area contributed by atoms with Gasteiger partial charge in [0.1, 0.15) is 0 Å². The number of benzene rings is 2. The molecule has 1 aliphatic heterocycles. The van der Waals surface area contributed by atoms with Gasteiger partial charge in [-0.05, 0) is 49.6 Å². The van der Waals surface area contributed by atoms with E-state index >= 15 is 0 Å². The molecular weight excluding hydrogens is 424 g/mol. The number of carbonyl (C=O) groups is 2. The first-order valence-electron chi connectivity index (χ1n) is 11.0. The molecule has 0 aliphatic carbocycles. The SMILES string of the molecule is COc1cccc(CN(C(=O)O)C(=O)N2CCC(Nc3ccc(CCN)cc3)CC2)c1OC. The highest BCUT2D eigenvalue weighted by Crippen LogP contribution is 2.32. The molecular formula is C24H32N4O5. The molecule has 4 N–H and O–H groups in total. The van der Waals surface area contributed by atoms with Crippen LogP contribution in [0, 0.1) is 0 Å². The van der Waals surface area contributed by atoms with Crippen molar-refractivity contribution in [3.05, 3.63) is 53.6 Å². The summed E-state index contributed by atoms with van der Waals surface area (Å²) in [4.78, 5) is 27.3. The van der Waals surface area contributed by atoms with Crippen LogP contribution in [0.25, 0.3) is 0 Å². The molecule has 0 spiro atoms. The summed E-state index contributed by atoms with van der Waals surface area (Å²) in [6.07, 6.45) is 1.00. The van der Waals surface area contributed by atoms with Gasteiger partial charge in [0.15, 0.2) is 11.5 Å². The van der Waals surface area contributed by atoms with E-state index in [9.17, 15) is 14.7 Å². The molecule has 9 heteroatoms. The Morgan fingerprint density at radius 1 is 1.12 bits per heavy atom. The van der Waals surface area contributed by atoms with Crippen LogP contribution in [0.3, 0.4) is 0 Å². The number of methoxy groups -OCH3 is 2. The van der Waals surface area contributed by atoms with E-state index < -0.39 is 12.1 Å². The Hall–Kier alpha value is -3.46. The van der Waals surface area contributed by atoms with E-state index in [1.807, 2.05) is 12.1 Å². The number of nitrogens with zero attached hydrogens (tertiary/aromatic N) is 2. The Kier molecular flexibility index (Phi) is 8.37. The summed E-state index contributed by atoms with van der Waals surface area (Å²) in [6.45, 7) is 1.45. The van der Waals surface area contributed by atoms with Crippen LogP contribution < -0.4 is 20.5 Å². The zero-order valence-electron chi connectivity index (χ0n) is 19.1. The number of hydrogen-bond donors (Lipinski definition) is 3. The molecule has 178 valence electrons. The Bertz CT molecular complexity index is 942. The van der Waals surface area contributed by atoms with Gasteiger partial charge in [-0.3, -0.25) is 0 Å². The van der Waals surface area contributed by atoms with Crippen molar-refractivity contribution in [2.45, 2.75) is 31.8 Å². The van der Waals surface area contributed by atoms with Gasteiger partial charge >= 0.3 is 12.1 Å². The number of piperidine rings is 1. The predicted molar refractivity (Wildman–Crippen MR) is 126 cm³/mol. The number of nitrogens with two attached hydrogens (primary N) is 1. The molecule has 3 rings (SSSR count). The number of hydrogen-bond acceptors (Lipinski definition) is 6. The zero-order chi connectivity index (χ0) is 23.8. The lowest BCUT2D eigenvalue weighted by atomic mass is 10.0. The molecule has 0 atom stereocenters. The molecule has 0 bridgehead atoms. The van der Waals surface area contributed by atoms with Crippen LogP contribution in [0.4, 0.5) is 15.3 Å². The van der Waals surface area contributed by atoms with Gasteiger partial charge in [0.2, 0.25) is 0 Å². The number of rotatable bonds is 8. The highest BCUT2D eigenvalue weighted by molar-refractivity contribution is 5.90. The number of carbonyl (C=O) groups excluding carboxylic acids is 1. The second-order valence-corrected chi connectivity index (χ2v) is 7.95. The van der Waals surface area contributed by atoms with Crippen LogP contribution in [0.1, 0.15) is 24.0 Å².